The van der Waals surface area contributed by atoms with Crippen LogP contribution in [0.25, 0.3) is 22.6 Å². The molecule has 23 heavy (non-hydrogen) atoms. The number of imidazole rings is 1. The molecule has 2 aromatic heterocycles. The van der Waals surface area contributed by atoms with E-state index in [0.717, 1.165) is 28.3 Å². The summed E-state index contributed by atoms with van der Waals surface area (Å²) in [6, 6.07) is 9.26. The highest BCUT2D eigenvalue weighted by atomic mass is 35.5. The fraction of sp³-hybridized carbons (Fsp3) is 0.118. The number of aromatic nitrogens is 3. The van der Waals surface area contributed by atoms with E-state index in [9.17, 15) is 4.79 Å². The average Bonchev–Trinajstić information content (AvgIpc) is 2.92. The molecule has 0 saturated carbocycles. The van der Waals surface area contributed by atoms with Gasteiger partial charge in [0.05, 0.1) is 22.1 Å². The summed E-state index contributed by atoms with van der Waals surface area (Å²) in [5, 5.41) is 3.15. The second kappa shape index (κ2) is 6.22. The van der Waals surface area contributed by atoms with Crippen LogP contribution in [-0.4, -0.2) is 20.9 Å². The number of carbonyl (C=O) groups excluding carboxylic acids is 1. The van der Waals surface area contributed by atoms with Gasteiger partial charge >= 0.3 is 0 Å². The van der Waals surface area contributed by atoms with Crippen molar-refractivity contribution in [1.82, 2.24) is 15.0 Å². The topological polar surface area (TPSA) is 70.7 Å². The summed E-state index contributed by atoms with van der Waals surface area (Å²) in [5.74, 6) is 0.560. The zero-order valence-corrected chi connectivity index (χ0v) is 13.5. The Morgan fingerprint density at radius 3 is 2.74 bits per heavy atom. The quantitative estimate of drug-likeness (QED) is 0.762. The molecule has 1 amide bonds. The molecule has 1 aromatic carbocycles. The molecule has 2 heterocycles. The number of halogens is 1. The number of rotatable bonds is 3. The third kappa shape index (κ3) is 3.24. The zero-order valence-electron chi connectivity index (χ0n) is 12.7. The minimum absolute atomic E-state index is 0.160. The minimum Gasteiger partial charge on any atom is -0.338 e. The third-order valence-corrected chi connectivity index (χ3v) is 3.70. The van der Waals surface area contributed by atoms with Crippen molar-refractivity contribution in [3.63, 3.8) is 0 Å². The van der Waals surface area contributed by atoms with E-state index in [1.807, 2.05) is 25.1 Å². The van der Waals surface area contributed by atoms with Crippen LogP contribution in [-0.2, 0) is 4.79 Å². The maximum absolute atomic E-state index is 11.1. The first kappa shape index (κ1) is 15.2. The first-order valence-corrected chi connectivity index (χ1v) is 7.47. The lowest BCUT2D eigenvalue weighted by atomic mass is 10.2. The van der Waals surface area contributed by atoms with E-state index in [2.05, 4.69) is 20.3 Å². The van der Waals surface area contributed by atoms with Crippen LogP contribution in [0, 0.1) is 6.92 Å². The minimum atomic E-state index is -0.160. The Balaban J connectivity index is 1.97. The number of pyridine rings is 1. The van der Waals surface area contributed by atoms with Crippen LogP contribution in [0.5, 0.6) is 0 Å². The molecule has 0 atom stereocenters. The molecule has 3 aromatic rings. The molecule has 0 saturated heterocycles. The van der Waals surface area contributed by atoms with Crippen LogP contribution in [0.4, 0.5) is 5.69 Å². The van der Waals surface area contributed by atoms with Gasteiger partial charge in [-0.05, 0) is 37.3 Å². The van der Waals surface area contributed by atoms with E-state index < -0.39 is 0 Å². The number of aromatic amines is 1. The number of nitrogens with one attached hydrogen (secondary N) is 2. The van der Waals surface area contributed by atoms with Crippen LogP contribution in [0.1, 0.15) is 12.6 Å². The Hall–Kier alpha value is -2.66. The Morgan fingerprint density at radius 1 is 1.26 bits per heavy atom. The molecule has 0 fully saturated rings. The van der Waals surface area contributed by atoms with Gasteiger partial charge in [0.15, 0.2) is 0 Å². The summed E-state index contributed by atoms with van der Waals surface area (Å²) < 4.78 is 0. The van der Waals surface area contributed by atoms with Crippen molar-refractivity contribution >= 4 is 23.2 Å². The van der Waals surface area contributed by atoms with Crippen molar-refractivity contribution in [1.29, 1.82) is 0 Å². The number of aryl methyl sites for hydroxylation is 1. The predicted octanol–water partition coefficient (Wildman–Crippen LogP) is 4.06. The highest BCUT2D eigenvalue weighted by molar-refractivity contribution is 6.34. The maximum Gasteiger partial charge on any atom is 0.221 e. The van der Waals surface area contributed by atoms with Crippen LogP contribution in [0.15, 0.2) is 42.7 Å². The number of carbonyl (C=O) groups is 1. The molecule has 0 aliphatic heterocycles. The van der Waals surface area contributed by atoms with Crippen LogP contribution < -0.4 is 5.32 Å². The number of benzene rings is 1. The predicted molar refractivity (Wildman–Crippen MR) is 91.3 cm³/mol. The molecule has 2 N–H and O–H groups in total. The molecular formula is C17H15ClN4O. The summed E-state index contributed by atoms with van der Waals surface area (Å²) >= 11 is 6.22. The second-order valence-corrected chi connectivity index (χ2v) is 5.57. The molecule has 0 radical (unpaired) electrons. The molecule has 3 rings (SSSR count). The first-order chi connectivity index (χ1) is 11.0. The molecule has 0 spiro atoms. The SMILES string of the molecule is CC(=O)Nc1ccc(-c2nc(C)c(-c3cccnc3)[nH]2)cc1Cl. The normalized spacial score (nSPS) is 10.6. The van der Waals surface area contributed by atoms with E-state index in [4.69, 9.17) is 11.6 Å². The Morgan fingerprint density at radius 2 is 2.09 bits per heavy atom. The van der Waals surface area contributed by atoms with E-state index >= 15 is 0 Å². The summed E-state index contributed by atoms with van der Waals surface area (Å²) in [7, 11) is 0. The fourth-order valence-electron chi connectivity index (χ4n) is 2.34. The van der Waals surface area contributed by atoms with Gasteiger partial charge < -0.3 is 10.3 Å². The highest BCUT2D eigenvalue weighted by Crippen LogP contribution is 2.30. The second-order valence-electron chi connectivity index (χ2n) is 5.16. The van der Waals surface area contributed by atoms with Gasteiger partial charge in [0.1, 0.15) is 5.82 Å². The molecule has 0 unspecified atom stereocenters. The molecule has 0 bridgehead atoms. The van der Waals surface area contributed by atoms with Crippen molar-refractivity contribution in [3.8, 4) is 22.6 Å². The van der Waals surface area contributed by atoms with E-state index in [1.54, 1.807) is 24.5 Å². The molecule has 6 heteroatoms. The van der Waals surface area contributed by atoms with E-state index in [-0.39, 0.29) is 5.91 Å². The Labute approximate surface area is 138 Å². The number of anilines is 1. The lowest BCUT2D eigenvalue weighted by Crippen LogP contribution is -2.06. The number of H-pyrrole nitrogens is 1. The van der Waals surface area contributed by atoms with E-state index in [1.165, 1.54) is 6.92 Å². The summed E-state index contributed by atoms with van der Waals surface area (Å²) in [6.45, 7) is 3.38. The van der Waals surface area contributed by atoms with E-state index in [0.29, 0.717) is 10.7 Å². The van der Waals surface area contributed by atoms with Gasteiger partial charge in [0.2, 0.25) is 5.91 Å². The van der Waals surface area contributed by atoms with Crippen molar-refractivity contribution in [2.45, 2.75) is 13.8 Å². The lowest BCUT2D eigenvalue weighted by Gasteiger charge is -2.06. The number of nitrogens with zero attached hydrogens (tertiary/aromatic N) is 2. The molecule has 5 nitrogen and oxygen atoms in total. The highest BCUT2D eigenvalue weighted by Gasteiger charge is 2.12. The van der Waals surface area contributed by atoms with Crippen LogP contribution in [0.2, 0.25) is 5.02 Å². The summed E-state index contributed by atoms with van der Waals surface area (Å²) in [5.41, 5.74) is 4.22. The standard InChI is InChI=1S/C17H15ClN4O/c1-10-16(13-4-3-7-19-9-13)22-17(20-10)12-5-6-15(14(18)8-12)21-11(2)23/h3-9H,1-2H3,(H,20,22)(H,21,23). The van der Waals surface area contributed by atoms with Gasteiger partial charge in [-0.1, -0.05) is 11.6 Å². The van der Waals surface area contributed by atoms with Crippen molar-refractivity contribution in [2.24, 2.45) is 0 Å². The van der Waals surface area contributed by atoms with Gasteiger partial charge in [0, 0.05) is 30.4 Å². The van der Waals surface area contributed by atoms with Gasteiger partial charge in [-0.25, -0.2) is 4.98 Å². The summed E-state index contributed by atoms with van der Waals surface area (Å²) in [4.78, 5) is 23.1. The zero-order chi connectivity index (χ0) is 16.4. The van der Waals surface area contributed by atoms with Crippen molar-refractivity contribution in [2.75, 3.05) is 5.32 Å². The number of amides is 1. The van der Waals surface area contributed by atoms with Gasteiger partial charge in [-0.15, -0.1) is 0 Å². The number of hydrogen-bond donors (Lipinski definition) is 2. The van der Waals surface area contributed by atoms with Gasteiger partial charge in [-0.3, -0.25) is 9.78 Å². The maximum atomic E-state index is 11.1. The third-order valence-electron chi connectivity index (χ3n) is 3.39. The summed E-state index contributed by atoms with van der Waals surface area (Å²) in [6.07, 6.45) is 3.52. The first-order valence-electron chi connectivity index (χ1n) is 7.09. The number of hydrogen-bond acceptors (Lipinski definition) is 3. The van der Waals surface area contributed by atoms with Crippen molar-refractivity contribution < 1.29 is 4.79 Å². The van der Waals surface area contributed by atoms with Gasteiger partial charge in [-0.2, -0.15) is 0 Å². The smallest absolute Gasteiger partial charge is 0.221 e. The fourth-order valence-corrected chi connectivity index (χ4v) is 2.57. The van der Waals surface area contributed by atoms with Gasteiger partial charge in [0.25, 0.3) is 0 Å². The molecular weight excluding hydrogens is 312 g/mol. The molecule has 116 valence electrons. The monoisotopic (exact) mass is 326 g/mol. The largest absolute Gasteiger partial charge is 0.338 e. The molecule has 0 aliphatic rings. The van der Waals surface area contributed by atoms with Crippen LogP contribution >= 0.6 is 11.6 Å². The van der Waals surface area contributed by atoms with Crippen LogP contribution in [0.3, 0.4) is 0 Å². The Kier molecular flexibility index (Phi) is 4.12. The Bertz CT molecular complexity index is 858. The average molecular weight is 327 g/mol. The molecule has 0 aliphatic carbocycles. The lowest BCUT2D eigenvalue weighted by molar-refractivity contribution is -0.114. The van der Waals surface area contributed by atoms with Crippen molar-refractivity contribution in [3.05, 3.63) is 53.4 Å².